The van der Waals surface area contributed by atoms with E-state index in [1.807, 2.05) is 27.7 Å². The van der Waals surface area contributed by atoms with Gasteiger partial charge in [0.05, 0.1) is 6.16 Å². The lowest BCUT2D eigenvalue weighted by molar-refractivity contribution is -0.132. The molecule has 5 heteroatoms. The summed E-state index contributed by atoms with van der Waals surface area (Å²) in [4.78, 5) is 20.7. The minimum atomic E-state index is -3.37. The van der Waals surface area contributed by atoms with Gasteiger partial charge in [0.2, 0.25) is 7.37 Å². The van der Waals surface area contributed by atoms with Gasteiger partial charge in [0, 0.05) is 11.7 Å². The highest BCUT2D eigenvalue weighted by atomic mass is 31.2. The number of rotatable bonds is 7. The van der Waals surface area contributed by atoms with Crippen LogP contribution >= 0.6 is 7.37 Å². The highest BCUT2D eigenvalue weighted by Crippen LogP contribution is 2.44. The second-order valence-electron chi connectivity index (χ2n) is 5.24. The van der Waals surface area contributed by atoms with Gasteiger partial charge in [-0.05, 0) is 18.3 Å². The van der Waals surface area contributed by atoms with Crippen molar-refractivity contribution in [1.82, 2.24) is 0 Å². The van der Waals surface area contributed by atoms with Crippen molar-refractivity contribution in [2.24, 2.45) is 11.8 Å². The molecule has 4 nitrogen and oxygen atoms in total. The van der Waals surface area contributed by atoms with Gasteiger partial charge in [0.15, 0.2) is 0 Å². The normalized spacial score (nSPS) is 16.3. The van der Waals surface area contributed by atoms with Gasteiger partial charge < -0.3 is 10.00 Å². The van der Waals surface area contributed by atoms with Gasteiger partial charge in [-0.25, -0.2) is 4.79 Å². The van der Waals surface area contributed by atoms with Gasteiger partial charge in [-0.15, -0.1) is 0 Å². The molecule has 0 heterocycles. The molecule has 0 amide bonds. The van der Waals surface area contributed by atoms with Crippen LogP contribution in [0.5, 0.6) is 0 Å². The average molecular weight is 262 g/mol. The SMILES string of the molecule is CC(C)CC=C(CP(=O)(O)CC(C)C)C(=O)O. The summed E-state index contributed by atoms with van der Waals surface area (Å²) in [7, 11) is -3.37. The number of aliphatic carboxylic acids is 1. The Labute approximate surface area is 103 Å². The molecule has 17 heavy (non-hydrogen) atoms. The minimum Gasteiger partial charge on any atom is -0.478 e. The minimum absolute atomic E-state index is 0.0604. The molecule has 100 valence electrons. The number of carboxylic acid groups (broad SMARTS) is 1. The molecule has 0 aliphatic carbocycles. The van der Waals surface area contributed by atoms with E-state index in [1.165, 1.54) is 0 Å². The van der Waals surface area contributed by atoms with Crippen molar-refractivity contribution in [3.63, 3.8) is 0 Å². The predicted octanol–water partition coefficient (Wildman–Crippen LogP) is 2.97. The fourth-order valence-electron chi connectivity index (χ4n) is 1.50. The Morgan fingerprint density at radius 3 is 2.12 bits per heavy atom. The summed E-state index contributed by atoms with van der Waals surface area (Å²) in [6.07, 6.45) is 2.12. The molecule has 0 aromatic heterocycles. The Hall–Kier alpha value is -0.600. The predicted molar refractivity (Wildman–Crippen MR) is 69.6 cm³/mol. The zero-order valence-electron chi connectivity index (χ0n) is 11.0. The van der Waals surface area contributed by atoms with Crippen molar-refractivity contribution in [3.8, 4) is 0 Å². The van der Waals surface area contributed by atoms with Crippen molar-refractivity contribution >= 4 is 13.3 Å². The first-order valence-electron chi connectivity index (χ1n) is 5.87. The molecule has 1 atom stereocenters. The number of carboxylic acids is 1. The summed E-state index contributed by atoms with van der Waals surface area (Å²) in [6, 6.07) is 0. The Morgan fingerprint density at radius 2 is 1.76 bits per heavy atom. The largest absolute Gasteiger partial charge is 0.478 e. The van der Waals surface area contributed by atoms with Crippen molar-refractivity contribution in [2.75, 3.05) is 12.3 Å². The van der Waals surface area contributed by atoms with Crippen LogP contribution in [-0.4, -0.2) is 28.3 Å². The van der Waals surface area contributed by atoms with Gasteiger partial charge in [-0.2, -0.15) is 0 Å². The Bertz CT molecular complexity index is 331. The Kier molecular flexibility index (Phi) is 6.73. The number of hydrogen-bond acceptors (Lipinski definition) is 2. The van der Waals surface area contributed by atoms with E-state index < -0.39 is 13.3 Å². The third-order valence-electron chi connectivity index (χ3n) is 2.18. The van der Waals surface area contributed by atoms with E-state index >= 15 is 0 Å². The smallest absolute Gasteiger partial charge is 0.331 e. The van der Waals surface area contributed by atoms with Crippen molar-refractivity contribution in [2.45, 2.75) is 34.1 Å². The topological polar surface area (TPSA) is 74.6 Å². The molecule has 1 unspecified atom stereocenters. The first kappa shape index (κ1) is 16.4. The summed E-state index contributed by atoms with van der Waals surface area (Å²) in [5.41, 5.74) is 0.0604. The molecular formula is C12H23O4P. The summed E-state index contributed by atoms with van der Waals surface area (Å²) >= 11 is 0. The molecule has 0 bridgehead atoms. The second-order valence-corrected chi connectivity index (χ2v) is 7.62. The van der Waals surface area contributed by atoms with Crippen LogP contribution in [-0.2, 0) is 9.36 Å². The van der Waals surface area contributed by atoms with Gasteiger partial charge in [0.25, 0.3) is 0 Å². The third-order valence-corrected chi connectivity index (χ3v) is 4.31. The Morgan fingerprint density at radius 1 is 1.24 bits per heavy atom. The summed E-state index contributed by atoms with van der Waals surface area (Å²) < 4.78 is 11.8. The molecule has 0 aliphatic rings. The fraction of sp³-hybridized carbons (Fsp3) is 0.750. The van der Waals surface area contributed by atoms with Gasteiger partial charge in [-0.1, -0.05) is 33.8 Å². The number of allylic oxidation sites excluding steroid dienone is 1. The molecule has 0 aliphatic heterocycles. The van der Waals surface area contributed by atoms with E-state index in [2.05, 4.69) is 0 Å². The van der Waals surface area contributed by atoms with Crippen LogP contribution in [0.25, 0.3) is 0 Å². The van der Waals surface area contributed by atoms with E-state index in [0.717, 1.165) is 0 Å². The van der Waals surface area contributed by atoms with Crippen molar-refractivity contribution in [3.05, 3.63) is 11.6 Å². The quantitative estimate of drug-likeness (QED) is 0.546. The van der Waals surface area contributed by atoms with Crippen LogP contribution in [0, 0.1) is 11.8 Å². The van der Waals surface area contributed by atoms with Crippen LogP contribution in [0.3, 0.4) is 0 Å². The lowest BCUT2D eigenvalue weighted by Gasteiger charge is -2.14. The zero-order chi connectivity index (χ0) is 13.6. The first-order valence-corrected chi connectivity index (χ1v) is 7.90. The summed E-state index contributed by atoms with van der Waals surface area (Å²) in [6.45, 7) is 7.65. The van der Waals surface area contributed by atoms with Crippen molar-refractivity contribution < 1.29 is 19.4 Å². The van der Waals surface area contributed by atoms with Crippen molar-refractivity contribution in [1.29, 1.82) is 0 Å². The van der Waals surface area contributed by atoms with E-state index in [4.69, 9.17) is 5.11 Å². The van der Waals surface area contributed by atoms with Crippen LogP contribution in [0.4, 0.5) is 0 Å². The summed E-state index contributed by atoms with van der Waals surface area (Å²) in [5, 5.41) is 8.98. The van der Waals surface area contributed by atoms with Crippen LogP contribution < -0.4 is 0 Å². The molecule has 0 aromatic carbocycles. The third kappa shape index (κ3) is 8.17. The molecule has 0 aromatic rings. The molecule has 0 saturated carbocycles. The number of hydrogen-bond donors (Lipinski definition) is 2. The molecule has 0 fully saturated rings. The molecular weight excluding hydrogens is 239 g/mol. The molecule has 2 N–H and O–H groups in total. The van der Waals surface area contributed by atoms with E-state index in [1.54, 1.807) is 6.08 Å². The van der Waals surface area contributed by atoms with Gasteiger partial charge in [-0.3, -0.25) is 4.57 Å². The summed E-state index contributed by atoms with van der Waals surface area (Å²) in [5.74, 6) is -0.665. The maximum atomic E-state index is 11.8. The van der Waals surface area contributed by atoms with Crippen LogP contribution in [0.15, 0.2) is 11.6 Å². The average Bonchev–Trinajstić information content (AvgIpc) is 2.09. The maximum absolute atomic E-state index is 11.8. The van der Waals surface area contributed by atoms with Crippen LogP contribution in [0.1, 0.15) is 34.1 Å². The van der Waals surface area contributed by atoms with E-state index in [0.29, 0.717) is 12.3 Å². The second kappa shape index (κ2) is 6.97. The first-order chi connectivity index (χ1) is 7.64. The zero-order valence-corrected chi connectivity index (χ0v) is 11.9. The maximum Gasteiger partial charge on any atom is 0.331 e. The number of carbonyl (C=O) groups is 1. The molecule has 0 spiro atoms. The Balaban J connectivity index is 4.71. The van der Waals surface area contributed by atoms with Gasteiger partial charge >= 0.3 is 5.97 Å². The monoisotopic (exact) mass is 262 g/mol. The van der Waals surface area contributed by atoms with E-state index in [9.17, 15) is 14.3 Å². The van der Waals surface area contributed by atoms with E-state index in [-0.39, 0.29) is 23.8 Å². The molecule has 0 saturated heterocycles. The molecule has 0 rings (SSSR count). The standard InChI is InChI=1S/C12H23O4P/c1-9(2)5-6-11(12(13)14)8-17(15,16)7-10(3)4/h6,9-10H,5,7-8H2,1-4H3,(H,13,14)(H,15,16). The van der Waals surface area contributed by atoms with Gasteiger partial charge in [0.1, 0.15) is 0 Å². The van der Waals surface area contributed by atoms with Crippen LogP contribution in [0.2, 0.25) is 0 Å². The highest BCUT2D eigenvalue weighted by molar-refractivity contribution is 7.58. The lowest BCUT2D eigenvalue weighted by Crippen LogP contribution is -2.10. The lowest BCUT2D eigenvalue weighted by atomic mass is 10.1. The highest BCUT2D eigenvalue weighted by Gasteiger charge is 2.24. The molecule has 0 radical (unpaired) electrons. The fourth-order valence-corrected chi connectivity index (χ4v) is 3.57.